The summed E-state index contributed by atoms with van der Waals surface area (Å²) < 4.78 is 1.13. The van der Waals surface area contributed by atoms with Crippen molar-refractivity contribution in [3.05, 3.63) is 20.8 Å². The van der Waals surface area contributed by atoms with Gasteiger partial charge in [-0.2, -0.15) is 0 Å². The second-order valence-electron chi connectivity index (χ2n) is 3.98. The molecule has 0 radical (unpaired) electrons. The average molecular weight is 285 g/mol. The van der Waals surface area contributed by atoms with Gasteiger partial charge in [0, 0.05) is 15.4 Å². The van der Waals surface area contributed by atoms with Crippen molar-refractivity contribution in [2.24, 2.45) is 11.1 Å². The molecule has 0 saturated carbocycles. The van der Waals surface area contributed by atoms with Crippen LogP contribution in [0.5, 0.6) is 0 Å². The summed E-state index contributed by atoms with van der Waals surface area (Å²) >= 11 is 5.20. The van der Waals surface area contributed by atoms with E-state index in [0.29, 0.717) is 0 Å². The van der Waals surface area contributed by atoms with Gasteiger partial charge in [-0.15, -0.1) is 23.7 Å². The van der Waals surface area contributed by atoms with E-state index < -0.39 is 0 Å². The minimum atomic E-state index is 0. The number of hydrogen-bond donors (Lipinski definition) is 1. The Bertz CT molecular complexity index is 267. The fourth-order valence-corrected chi connectivity index (χ4v) is 2.79. The highest BCUT2D eigenvalue weighted by atomic mass is 79.9. The Kier molecular flexibility index (Phi) is 4.94. The molecule has 0 aliphatic rings. The van der Waals surface area contributed by atoms with Crippen molar-refractivity contribution in [1.82, 2.24) is 0 Å². The molecule has 1 aromatic rings. The number of rotatable bonds is 1. The third-order valence-corrected chi connectivity index (χ3v) is 3.81. The summed E-state index contributed by atoms with van der Waals surface area (Å²) in [6, 6.07) is 2.16. The maximum atomic E-state index is 6.10. The lowest BCUT2D eigenvalue weighted by Gasteiger charge is -2.26. The zero-order chi connectivity index (χ0) is 9.35. The molecule has 0 aromatic carbocycles. The van der Waals surface area contributed by atoms with Gasteiger partial charge in [0.1, 0.15) is 0 Å². The van der Waals surface area contributed by atoms with E-state index in [1.165, 1.54) is 4.88 Å². The number of hydrogen-bond acceptors (Lipinski definition) is 2. The lowest BCUT2D eigenvalue weighted by Crippen LogP contribution is -2.25. The molecule has 0 aliphatic carbocycles. The Morgan fingerprint density at radius 3 is 2.31 bits per heavy atom. The van der Waals surface area contributed by atoms with Crippen LogP contribution in [0.3, 0.4) is 0 Å². The van der Waals surface area contributed by atoms with E-state index in [-0.39, 0.29) is 23.9 Å². The molecule has 1 nitrogen and oxygen atoms in total. The van der Waals surface area contributed by atoms with E-state index in [9.17, 15) is 0 Å². The molecule has 1 heterocycles. The number of thiophene rings is 1. The van der Waals surface area contributed by atoms with Gasteiger partial charge in [-0.1, -0.05) is 20.8 Å². The normalized spacial score (nSPS) is 13.6. The largest absolute Gasteiger partial charge is 0.323 e. The minimum Gasteiger partial charge on any atom is -0.323 e. The summed E-state index contributed by atoms with van der Waals surface area (Å²) in [7, 11) is 0. The first-order valence-corrected chi connectivity index (χ1v) is 5.58. The smallest absolute Gasteiger partial charge is 0.0450 e. The molecule has 0 aliphatic heterocycles. The average Bonchev–Trinajstić information content (AvgIpc) is 2.31. The van der Waals surface area contributed by atoms with Crippen LogP contribution >= 0.6 is 39.7 Å². The topological polar surface area (TPSA) is 26.0 Å². The Hall–Kier alpha value is 0.430. The predicted octanol–water partition coefficient (Wildman–Crippen LogP) is 3.98. The van der Waals surface area contributed by atoms with Gasteiger partial charge in [-0.3, -0.25) is 0 Å². The van der Waals surface area contributed by atoms with Crippen molar-refractivity contribution in [3.8, 4) is 0 Å². The zero-order valence-corrected chi connectivity index (χ0v) is 11.2. The number of nitrogens with two attached hydrogens (primary N) is 1. The molecule has 0 saturated heterocycles. The summed E-state index contributed by atoms with van der Waals surface area (Å²) in [5.41, 5.74) is 6.23. The highest BCUT2D eigenvalue weighted by Gasteiger charge is 2.24. The Labute approximate surface area is 98.3 Å². The SMILES string of the molecule is CC(C)(C)[C@@H](N)c1sccc1Br.Cl. The third-order valence-electron chi connectivity index (χ3n) is 1.86. The third kappa shape index (κ3) is 3.24. The van der Waals surface area contributed by atoms with Gasteiger partial charge in [-0.25, -0.2) is 0 Å². The molecule has 1 atom stereocenters. The lowest BCUT2D eigenvalue weighted by molar-refractivity contribution is 0.330. The highest BCUT2D eigenvalue weighted by Crippen LogP contribution is 2.37. The van der Waals surface area contributed by atoms with Crippen LogP contribution in [0.4, 0.5) is 0 Å². The molecule has 1 aromatic heterocycles. The van der Waals surface area contributed by atoms with Crippen molar-refractivity contribution >= 4 is 39.7 Å². The van der Waals surface area contributed by atoms with E-state index in [1.807, 2.05) is 6.07 Å². The van der Waals surface area contributed by atoms with E-state index in [2.05, 4.69) is 42.1 Å². The van der Waals surface area contributed by atoms with Crippen LogP contribution in [0.15, 0.2) is 15.9 Å². The molecule has 1 rings (SSSR count). The van der Waals surface area contributed by atoms with Crippen LogP contribution in [-0.4, -0.2) is 0 Å². The molecular weight excluding hydrogens is 270 g/mol. The van der Waals surface area contributed by atoms with Gasteiger partial charge in [0.25, 0.3) is 0 Å². The van der Waals surface area contributed by atoms with E-state index in [1.54, 1.807) is 11.3 Å². The van der Waals surface area contributed by atoms with E-state index in [4.69, 9.17) is 5.73 Å². The Morgan fingerprint density at radius 1 is 1.46 bits per heavy atom. The van der Waals surface area contributed by atoms with Crippen molar-refractivity contribution in [1.29, 1.82) is 0 Å². The molecule has 0 bridgehead atoms. The van der Waals surface area contributed by atoms with Crippen LogP contribution < -0.4 is 5.73 Å². The fourth-order valence-electron chi connectivity index (χ4n) is 0.921. The van der Waals surface area contributed by atoms with Gasteiger partial charge in [0.2, 0.25) is 0 Å². The van der Waals surface area contributed by atoms with Crippen LogP contribution in [0.2, 0.25) is 0 Å². The zero-order valence-electron chi connectivity index (χ0n) is 8.00. The maximum absolute atomic E-state index is 6.10. The molecular formula is C9H15BrClNS. The van der Waals surface area contributed by atoms with Gasteiger partial charge in [0.15, 0.2) is 0 Å². The predicted molar refractivity (Wildman–Crippen MR) is 65.7 cm³/mol. The summed E-state index contributed by atoms with van der Waals surface area (Å²) in [5, 5.41) is 2.06. The van der Waals surface area contributed by atoms with Crippen molar-refractivity contribution in [2.75, 3.05) is 0 Å². The molecule has 2 N–H and O–H groups in total. The second kappa shape index (κ2) is 4.78. The van der Waals surface area contributed by atoms with Gasteiger partial charge in [0.05, 0.1) is 0 Å². The van der Waals surface area contributed by atoms with Crippen molar-refractivity contribution in [2.45, 2.75) is 26.8 Å². The minimum absolute atomic E-state index is 0. The first-order chi connectivity index (χ1) is 5.43. The second-order valence-corrected chi connectivity index (χ2v) is 5.78. The molecule has 0 fully saturated rings. The Balaban J connectivity index is 0.00000144. The van der Waals surface area contributed by atoms with Gasteiger partial charge in [-0.05, 0) is 32.8 Å². The van der Waals surface area contributed by atoms with Gasteiger partial charge >= 0.3 is 0 Å². The summed E-state index contributed by atoms with van der Waals surface area (Å²) in [6.07, 6.45) is 0. The first kappa shape index (κ1) is 13.4. The summed E-state index contributed by atoms with van der Waals surface area (Å²) in [6.45, 7) is 6.47. The van der Waals surface area contributed by atoms with Crippen LogP contribution in [0, 0.1) is 5.41 Å². The van der Waals surface area contributed by atoms with Crippen LogP contribution in [0.1, 0.15) is 31.7 Å². The standard InChI is InChI=1S/C9H14BrNS.ClH/c1-9(2,3)8(11)7-6(10)4-5-12-7;/h4-5,8H,11H2,1-3H3;1H/t8-;/m0./s1. The summed E-state index contributed by atoms with van der Waals surface area (Å²) in [5.74, 6) is 0. The van der Waals surface area contributed by atoms with Crippen LogP contribution in [0.25, 0.3) is 0 Å². The lowest BCUT2D eigenvalue weighted by atomic mass is 9.87. The molecule has 76 valence electrons. The molecule has 0 amide bonds. The van der Waals surface area contributed by atoms with E-state index in [0.717, 1.165) is 4.47 Å². The first-order valence-electron chi connectivity index (χ1n) is 3.91. The maximum Gasteiger partial charge on any atom is 0.0450 e. The highest BCUT2D eigenvalue weighted by molar-refractivity contribution is 9.10. The molecule has 13 heavy (non-hydrogen) atoms. The number of halogens is 2. The molecule has 0 spiro atoms. The quantitative estimate of drug-likeness (QED) is 0.829. The van der Waals surface area contributed by atoms with Crippen molar-refractivity contribution < 1.29 is 0 Å². The molecule has 0 unspecified atom stereocenters. The fraction of sp³-hybridized carbons (Fsp3) is 0.556. The monoisotopic (exact) mass is 283 g/mol. The van der Waals surface area contributed by atoms with Crippen molar-refractivity contribution in [3.63, 3.8) is 0 Å². The molecule has 4 heteroatoms. The van der Waals surface area contributed by atoms with Crippen LogP contribution in [-0.2, 0) is 0 Å². The van der Waals surface area contributed by atoms with E-state index >= 15 is 0 Å². The van der Waals surface area contributed by atoms with Gasteiger partial charge < -0.3 is 5.73 Å². The summed E-state index contributed by atoms with van der Waals surface area (Å²) in [4.78, 5) is 1.24. The Morgan fingerprint density at radius 2 is 2.00 bits per heavy atom.